The van der Waals surface area contributed by atoms with Crippen LogP contribution in [0, 0.1) is 0 Å². The second-order valence-electron chi connectivity index (χ2n) is 3.83. The Morgan fingerprint density at radius 2 is 0.952 bits per heavy atom. The molecule has 0 aliphatic heterocycles. The van der Waals surface area contributed by atoms with E-state index in [1.54, 1.807) is 0 Å². The van der Waals surface area contributed by atoms with Gasteiger partial charge in [0.25, 0.3) is 0 Å². The van der Waals surface area contributed by atoms with E-state index in [0.29, 0.717) is 0 Å². The third-order valence-electron chi connectivity index (χ3n) is 2.76. The van der Waals surface area contributed by atoms with Crippen LogP contribution in [0.25, 0.3) is 11.4 Å². The second kappa shape index (κ2) is 8.69. The minimum Gasteiger partial charge on any atom is -0.504 e. The largest absolute Gasteiger partial charge is 0.504 e. The fraction of sp³-hybridized carbons (Fsp3) is 0.222. The molecule has 3 heteroatoms. The maximum Gasteiger partial charge on any atom is 0.163 e. The van der Waals surface area contributed by atoms with E-state index in [4.69, 9.17) is 0 Å². The number of para-hydroxylation sites is 1. The fourth-order valence-corrected chi connectivity index (χ4v) is 1.93. The van der Waals surface area contributed by atoms with Gasteiger partial charge in [0.05, 0.1) is 11.4 Å². The molecule has 0 saturated heterocycles. The van der Waals surface area contributed by atoms with Crippen LogP contribution >= 0.6 is 0 Å². The van der Waals surface area contributed by atoms with Crippen LogP contribution in [0.2, 0.25) is 0 Å². The summed E-state index contributed by atoms with van der Waals surface area (Å²) in [5.41, 5.74) is 1.56. The SMILES string of the molecule is CC.CC.Oc1c(-n2cccc2)cccc1-n1cccc1. The van der Waals surface area contributed by atoms with Crippen molar-refractivity contribution in [2.45, 2.75) is 27.7 Å². The van der Waals surface area contributed by atoms with Crippen LogP contribution in [0.5, 0.6) is 5.75 Å². The van der Waals surface area contributed by atoms with Gasteiger partial charge in [-0.1, -0.05) is 33.8 Å². The van der Waals surface area contributed by atoms with Crippen molar-refractivity contribution in [3.63, 3.8) is 0 Å². The quantitative estimate of drug-likeness (QED) is 0.703. The maximum absolute atomic E-state index is 10.3. The van der Waals surface area contributed by atoms with Gasteiger partial charge in [-0.25, -0.2) is 0 Å². The molecule has 21 heavy (non-hydrogen) atoms. The van der Waals surface area contributed by atoms with Crippen LogP contribution in [0.1, 0.15) is 27.7 Å². The Morgan fingerprint density at radius 3 is 1.29 bits per heavy atom. The minimum absolute atomic E-state index is 0.278. The summed E-state index contributed by atoms with van der Waals surface area (Å²) < 4.78 is 3.78. The number of hydrogen-bond acceptors (Lipinski definition) is 1. The van der Waals surface area contributed by atoms with E-state index in [1.165, 1.54) is 0 Å². The molecule has 2 aromatic heterocycles. The smallest absolute Gasteiger partial charge is 0.163 e. The molecular formula is C18H24N2O. The monoisotopic (exact) mass is 284 g/mol. The molecule has 0 saturated carbocycles. The van der Waals surface area contributed by atoms with Crippen molar-refractivity contribution >= 4 is 0 Å². The van der Waals surface area contributed by atoms with Gasteiger partial charge in [-0.3, -0.25) is 0 Å². The summed E-state index contributed by atoms with van der Waals surface area (Å²) in [6, 6.07) is 13.4. The zero-order chi connectivity index (χ0) is 15.7. The topological polar surface area (TPSA) is 30.1 Å². The summed E-state index contributed by atoms with van der Waals surface area (Å²) in [6.07, 6.45) is 7.64. The Balaban J connectivity index is 0.000000510. The number of hydrogen-bond donors (Lipinski definition) is 1. The first-order valence-corrected chi connectivity index (χ1v) is 7.45. The average molecular weight is 284 g/mol. The normalized spacial score (nSPS) is 9.14. The molecule has 0 radical (unpaired) electrons. The predicted octanol–water partition coefficient (Wildman–Crippen LogP) is 5.03. The Labute approximate surface area is 127 Å². The lowest BCUT2D eigenvalue weighted by Gasteiger charge is -2.11. The first kappa shape index (κ1) is 16.6. The Bertz CT molecular complexity index is 558. The summed E-state index contributed by atoms with van der Waals surface area (Å²) in [7, 11) is 0. The van der Waals surface area contributed by atoms with Crippen molar-refractivity contribution in [1.29, 1.82) is 0 Å². The van der Waals surface area contributed by atoms with Crippen LogP contribution in [0.3, 0.4) is 0 Å². The van der Waals surface area contributed by atoms with E-state index >= 15 is 0 Å². The number of phenolic OH excluding ortho intramolecular Hbond substituents is 1. The molecule has 2 heterocycles. The van der Waals surface area contributed by atoms with Crippen molar-refractivity contribution in [3.8, 4) is 17.1 Å². The third-order valence-corrected chi connectivity index (χ3v) is 2.76. The molecular weight excluding hydrogens is 260 g/mol. The summed E-state index contributed by atoms with van der Waals surface area (Å²) in [4.78, 5) is 0. The predicted molar refractivity (Wildman–Crippen MR) is 89.5 cm³/mol. The van der Waals surface area contributed by atoms with Crippen LogP contribution < -0.4 is 0 Å². The van der Waals surface area contributed by atoms with Crippen LogP contribution in [0.15, 0.2) is 67.3 Å². The van der Waals surface area contributed by atoms with Crippen LogP contribution in [0.4, 0.5) is 0 Å². The zero-order valence-corrected chi connectivity index (χ0v) is 13.2. The molecule has 0 unspecified atom stereocenters. The maximum atomic E-state index is 10.3. The van der Waals surface area contributed by atoms with E-state index in [1.807, 2.05) is 104 Å². The highest BCUT2D eigenvalue weighted by Gasteiger charge is 2.08. The fourth-order valence-electron chi connectivity index (χ4n) is 1.93. The van der Waals surface area contributed by atoms with Crippen LogP contribution in [-0.2, 0) is 0 Å². The van der Waals surface area contributed by atoms with Gasteiger partial charge in [0.2, 0.25) is 0 Å². The number of aromatic nitrogens is 2. The van der Waals surface area contributed by atoms with Gasteiger partial charge in [-0.2, -0.15) is 0 Å². The average Bonchev–Trinajstić information content (AvgIpc) is 3.25. The number of rotatable bonds is 2. The molecule has 1 aromatic carbocycles. The highest BCUT2D eigenvalue weighted by atomic mass is 16.3. The zero-order valence-electron chi connectivity index (χ0n) is 13.2. The summed E-state index contributed by atoms with van der Waals surface area (Å²) >= 11 is 0. The summed E-state index contributed by atoms with van der Waals surface area (Å²) in [5, 5.41) is 10.3. The Hall–Kier alpha value is -2.42. The van der Waals surface area contributed by atoms with E-state index < -0.39 is 0 Å². The first-order valence-electron chi connectivity index (χ1n) is 7.45. The van der Waals surface area contributed by atoms with Crippen molar-refractivity contribution in [3.05, 3.63) is 67.3 Å². The number of phenols is 1. The lowest BCUT2D eigenvalue weighted by atomic mass is 10.2. The highest BCUT2D eigenvalue weighted by Crippen LogP contribution is 2.29. The first-order chi connectivity index (χ1) is 10.4. The van der Waals surface area contributed by atoms with Gasteiger partial charge < -0.3 is 14.2 Å². The Morgan fingerprint density at radius 1 is 0.619 bits per heavy atom. The van der Waals surface area contributed by atoms with Gasteiger partial charge in [0, 0.05) is 24.8 Å². The summed E-state index contributed by atoms with van der Waals surface area (Å²) in [6.45, 7) is 8.00. The molecule has 3 rings (SSSR count). The number of aromatic hydroxyl groups is 1. The molecule has 0 fully saturated rings. The molecule has 3 aromatic rings. The molecule has 0 atom stereocenters. The van der Waals surface area contributed by atoms with Gasteiger partial charge in [0.15, 0.2) is 5.75 Å². The van der Waals surface area contributed by atoms with Gasteiger partial charge in [0.1, 0.15) is 0 Å². The molecule has 0 aliphatic carbocycles. The lowest BCUT2D eigenvalue weighted by Crippen LogP contribution is -1.96. The van der Waals surface area contributed by atoms with Gasteiger partial charge >= 0.3 is 0 Å². The molecule has 0 aliphatic rings. The van der Waals surface area contributed by atoms with E-state index in [2.05, 4.69) is 0 Å². The van der Waals surface area contributed by atoms with Crippen molar-refractivity contribution in [2.75, 3.05) is 0 Å². The van der Waals surface area contributed by atoms with Crippen molar-refractivity contribution < 1.29 is 5.11 Å². The third kappa shape index (κ3) is 3.78. The lowest BCUT2D eigenvalue weighted by molar-refractivity contribution is 0.469. The molecule has 3 nitrogen and oxygen atoms in total. The van der Waals surface area contributed by atoms with Crippen molar-refractivity contribution in [1.82, 2.24) is 9.13 Å². The molecule has 0 bridgehead atoms. The van der Waals surface area contributed by atoms with Crippen molar-refractivity contribution in [2.24, 2.45) is 0 Å². The van der Waals surface area contributed by atoms with E-state index in [0.717, 1.165) is 11.4 Å². The van der Waals surface area contributed by atoms with Crippen LogP contribution in [-0.4, -0.2) is 14.2 Å². The molecule has 1 N–H and O–H groups in total. The highest BCUT2D eigenvalue weighted by molar-refractivity contribution is 5.58. The van der Waals surface area contributed by atoms with Gasteiger partial charge in [-0.05, 0) is 36.4 Å². The minimum atomic E-state index is 0.278. The molecule has 112 valence electrons. The summed E-state index contributed by atoms with van der Waals surface area (Å²) in [5.74, 6) is 0.278. The van der Waals surface area contributed by atoms with E-state index in [9.17, 15) is 5.11 Å². The standard InChI is InChI=1S/C14H12N2O.2C2H6/c17-14-12(15-8-1-2-9-15)6-5-7-13(14)16-10-3-4-11-16;2*1-2/h1-11,17H;2*1-2H3. The van der Waals surface area contributed by atoms with E-state index in [-0.39, 0.29) is 5.75 Å². The number of benzene rings is 1. The second-order valence-corrected chi connectivity index (χ2v) is 3.83. The molecule has 0 spiro atoms. The number of nitrogens with zero attached hydrogens (tertiary/aromatic N) is 2. The van der Waals surface area contributed by atoms with Gasteiger partial charge in [-0.15, -0.1) is 0 Å². The Kier molecular flexibility index (Phi) is 6.88. The molecule has 0 amide bonds.